The molecule has 0 aliphatic carbocycles. The van der Waals surface area contributed by atoms with Gasteiger partial charge >= 0.3 is 18.0 Å². The van der Waals surface area contributed by atoms with Crippen molar-refractivity contribution < 1.29 is 28.6 Å². The zero-order valence-corrected chi connectivity index (χ0v) is 15.7. The van der Waals surface area contributed by atoms with Crippen molar-refractivity contribution in [2.24, 2.45) is 0 Å². The van der Waals surface area contributed by atoms with Crippen LogP contribution in [0.2, 0.25) is 0 Å². The fraction of sp³-hybridized carbons (Fsp3) is 0.421. The first-order valence-electron chi connectivity index (χ1n) is 8.70. The van der Waals surface area contributed by atoms with Gasteiger partial charge in [0.1, 0.15) is 12.4 Å². The lowest BCUT2D eigenvalue weighted by Gasteiger charge is -2.21. The predicted octanol–water partition coefficient (Wildman–Crippen LogP) is 1.75. The molecule has 0 radical (unpaired) electrons. The molecule has 8 nitrogen and oxygen atoms in total. The summed E-state index contributed by atoms with van der Waals surface area (Å²) in [5.41, 5.74) is 2.51. The van der Waals surface area contributed by atoms with Gasteiger partial charge in [0.05, 0.1) is 37.4 Å². The lowest BCUT2D eigenvalue weighted by Crippen LogP contribution is -2.45. The van der Waals surface area contributed by atoms with E-state index in [1.807, 2.05) is 32.0 Å². The van der Waals surface area contributed by atoms with E-state index in [9.17, 15) is 14.4 Å². The predicted molar refractivity (Wildman–Crippen MR) is 97.2 cm³/mol. The summed E-state index contributed by atoms with van der Waals surface area (Å²) in [5, 5.41) is 4.96. The average Bonchev–Trinajstić information content (AvgIpc) is 2.63. The number of hydrogen-bond acceptors (Lipinski definition) is 6. The zero-order chi connectivity index (χ0) is 19.8. The Hall–Kier alpha value is -3.03. The Morgan fingerprint density at radius 3 is 2.70 bits per heavy atom. The number of urea groups is 1. The molecule has 146 valence electrons. The van der Waals surface area contributed by atoms with E-state index >= 15 is 0 Å². The molecule has 0 fully saturated rings. The number of rotatable bonds is 8. The molecule has 1 aromatic carbocycles. The molecule has 0 bridgehead atoms. The van der Waals surface area contributed by atoms with Crippen molar-refractivity contribution in [3.63, 3.8) is 0 Å². The highest BCUT2D eigenvalue weighted by atomic mass is 16.5. The number of hydrogen-bond donors (Lipinski definition) is 2. The van der Waals surface area contributed by atoms with Crippen LogP contribution in [0, 0.1) is 13.8 Å². The number of carbonyl (C=O) groups is 3. The van der Waals surface area contributed by atoms with Crippen molar-refractivity contribution in [3.8, 4) is 5.75 Å². The Labute approximate surface area is 157 Å². The van der Waals surface area contributed by atoms with Gasteiger partial charge in [0.15, 0.2) is 0 Å². The van der Waals surface area contributed by atoms with E-state index in [1.165, 1.54) is 0 Å². The molecule has 2 N–H and O–H groups in total. The summed E-state index contributed by atoms with van der Waals surface area (Å²) in [6.07, 6.45) is 0.0433. The van der Waals surface area contributed by atoms with E-state index in [1.54, 1.807) is 6.92 Å². The van der Waals surface area contributed by atoms with Gasteiger partial charge in [-0.05, 0) is 38.0 Å². The van der Waals surface area contributed by atoms with Crippen LogP contribution < -0.4 is 15.4 Å². The van der Waals surface area contributed by atoms with Gasteiger partial charge in [-0.2, -0.15) is 0 Å². The third kappa shape index (κ3) is 6.02. The second-order valence-electron chi connectivity index (χ2n) is 6.01. The van der Waals surface area contributed by atoms with Gasteiger partial charge in [0, 0.05) is 0 Å². The normalized spacial score (nSPS) is 13.5. The van der Waals surface area contributed by atoms with Crippen LogP contribution in [0.1, 0.15) is 24.5 Å². The van der Waals surface area contributed by atoms with Crippen molar-refractivity contribution in [2.75, 3.05) is 26.4 Å². The molecule has 0 saturated carbocycles. The van der Waals surface area contributed by atoms with E-state index < -0.39 is 18.0 Å². The molecular formula is C19H24N2O6. The van der Waals surface area contributed by atoms with E-state index in [-0.39, 0.29) is 44.1 Å². The highest BCUT2D eigenvalue weighted by Gasteiger charge is 2.24. The lowest BCUT2D eigenvalue weighted by molar-refractivity contribution is -0.144. The van der Waals surface area contributed by atoms with Gasteiger partial charge in [-0.15, -0.1) is 0 Å². The highest BCUT2D eigenvalue weighted by Crippen LogP contribution is 2.19. The Kier molecular flexibility index (Phi) is 7.22. The molecule has 1 aliphatic heterocycles. The van der Waals surface area contributed by atoms with Crippen LogP contribution >= 0.6 is 0 Å². The molecule has 27 heavy (non-hydrogen) atoms. The van der Waals surface area contributed by atoms with E-state index in [2.05, 4.69) is 10.6 Å². The SMILES string of the molecule is CCOC(=O)C1=C(COC(=O)CCOc2cc(C)ccc2C)NC(=O)NC1. The topological polar surface area (TPSA) is 103 Å². The first-order chi connectivity index (χ1) is 12.9. The molecule has 0 saturated heterocycles. The molecule has 2 rings (SSSR count). The van der Waals surface area contributed by atoms with Crippen molar-refractivity contribution in [2.45, 2.75) is 27.2 Å². The minimum Gasteiger partial charge on any atom is -0.493 e. The Morgan fingerprint density at radius 1 is 1.19 bits per heavy atom. The van der Waals surface area contributed by atoms with Gasteiger partial charge < -0.3 is 24.8 Å². The molecule has 1 aliphatic rings. The van der Waals surface area contributed by atoms with Gasteiger partial charge in [-0.1, -0.05) is 12.1 Å². The lowest BCUT2D eigenvalue weighted by atomic mass is 10.1. The van der Waals surface area contributed by atoms with Crippen LogP contribution in [-0.2, 0) is 19.1 Å². The maximum atomic E-state index is 11.9. The van der Waals surface area contributed by atoms with Gasteiger partial charge in [0.25, 0.3) is 0 Å². The van der Waals surface area contributed by atoms with Gasteiger partial charge in [-0.25, -0.2) is 9.59 Å². The molecular weight excluding hydrogens is 352 g/mol. The number of aryl methyl sites for hydroxylation is 2. The molecule has 2 amide bonds. The van der Waals surface area contributed by atoms with E-state index in [0.717, 1.165) is 16.9 Å². The van der Waals surface area contributed by atoms with Crippen molar-refractivity contribution >= 4 is 18.0 Å². The number of ether oxygens (including phenoxy) is 3. The minimum atomic E-state index is -0.561. The summed E-state index contributed by atoms with van der Waals surface area (Å²) < 4.78 is 15.7. The highest BCUT2D eigenvalue weighted by molar-refractivity contribution is 5.93. The average molecular weight is 376 g/mol. The van der Waals surface area contributed by atoms with Gasteiger partial charge in [-0.3, -0.25) is 4.79 Å². The van der Waals surface area contributed by atoms with E-state index in [4.69, 9.17) is 14.2 Å². The third-order valence-corrected chi connectivity index (χ3v) is 3.86. The van der Waals surface area contributed by atoms with Crippen molar-refractivity contribution in [3.05, 3.63) is 40.6 Å². The molecule has 0 spiro atoms. The minimum absolute atomic E-state index is 0.0211. The smallest absolute Gasteiger partial charge is 0.337 e. The standard InChI is InChI=1S/C19H24N2O6/c1-4-25-18(23)14-10-20-19(24)21-15(14)11-27-17(22)7-8-26-16-9-12(2)5-6-13(16)3/h5-6,9H,4,7-8,10-11H2,1-3H3,(H2,20,21,24). The van der Waals surface area contributed by atoms with Crippen molar-refractivity contribution in [1.82, 2.24) is 10.6 Å². The Morgan fingerprint density at radius 2 is 1.96 bits per heavy atom. The summed E-state index contributed by atoms with van der Waals surface area (Å²) in [4.78, 5) is 35.3. The maximum Gasteiger partial charge on any atom is 0.337 e. The first kappa shape index (κ1) is 20.3. The fourth-order valence-corrected chi connectivity index (χ4v) is 2.40. The number of nitrogens with one attached hydrogen (secondary N) is 2. The molecule has 0 unspecified atom stereocenters. The molecule has 8 heteroatoms. The maximum absolute atomic E-state index is 11.9. The summed E-state index contributed by atoms with van der Waals surface area (Å²) in [6, 6.07) is 5.37. The van der Waals surface area contributed by atoms with Crippen molar-refractivity contribution in [1.29, 1.82) is 0 Å². The molecule has 0 aromatic heterocycles. The second kappa shape index (κ2) is 9.61. The largest absolute Gasteiger partial charge is 0.493 e. The fourth-order valence-electron chi connectivity index (χ4n) is 2.40. The Bertz CT molecular complexity index is 757. The van der Waals surface area contributed by atoms with Gasteiger partial charge in [0.2, 0.25) is 0 Å². The Balaban J connectivity index is 1.86. The van der Waals surface area contributed by atoms with Crippen LogP contribution in [0.25, 0.3) is 0 Å². The second-order valence-corrected chi connectivity index (χ2v) is 6.01. The van der Waals surface area contributed by atoms with Crippen LogP contribution in [-0.4, -0.2) is 44.3 Å². The van der Waals surface area contributed by atoms with Crippen LogP contribution in [0.5, 0.6) is 5.75 Å². The summed E-state index contributed by atoms with van der Waals surface area (Å²) >= 11 is 0. The quantitative estimate of drug-likeness (QED) is 0.670. The molecule has 1 heterocycles. The summed E-state index contributed by atoms with van der Waals surface area (Å²) in [5.74, 6) is -0.334. The number of amides is 2. The van der Waals surface area contributed by atoms with Crippen LogP contribution in [0.4, 0.5) is 4.79 Å². The summed E-state index contributed by atoms with van der Waals surface area (Å²) in [6.45, 7) is 5.75. The van der Waals surface area contributed by atoms with E-state index in [0.29, 0.717) is 0 Å². The number of carbonyl (C=O) groups excluding carboxylic acids is 3. The number of esters is 2. The monoisotopic (exact) mass is 376 g/mol. The van der Waals surface area contributed by atoms with Crippen LogP contribution in [0.15, 0.2) is 29.5 Å². The third-order valence-electron chi connectivity index (χ3n) is 3.86. The first-order valence-corrected chi connectivity index (χ1v) is 8.70. The van der Waals surface area contributed by atoms with Crippen LogP contribution in [0.3, 0.4) is 0 Å². The number of benzene rings is 1. The molecule has 1 aromatic rings. The summed E-state index contributed by atoms with van der Waals surface area (Å²) in [7, 11) is 0. The molecule has 0 atom stereocenters. The zero-order valence-electron chi connectivity index (χ0n) is 15.7.